The van der Waals surface area contributed by atoms with Crippen molar-refractivity contribution < 1.29 is 0 Å². The highest BCUT2D eigenvalue weighted by Gasteiger charge is 2.56. The molecule has 0 heterocycles. The molecule has 0 aromatic heterocycles. The van der Waals surface area contributed by atoms with Gasteiger partial charge in [-0.05, 0) is 79.0 Å². The molecule has 4 aliphatic carbocycles. The summed E-state index contributed by atoms with van der Waals surface area (Å²) in [6, 6.07) is 18.8. The largest absolute Gasteiger partial charge is 0.233 e. The third-order valence-corrected chi connectivity index (χ3v) is 9.87. The predicted molar refractivity (Wildman–Crippen MR) is 128 cm³/mol. The molecule has 0 saturated heterocycles. The van der Waals surface area contributed by atoms with Gasteiger partial charge in [0.25, 0.3) is 0 Å². The van der Waals surface area contributed by atoms with E-state index in [-0.39, 0.29) is 11.1 Å². The predicted octanol–water partition coefficient (Wildman–Crippen LogP) is 6.44. The Bertz CT molecular complexity index is 967. The second kappa shape index (κ2) is 7.46. The summed E-state index contributed by atoms with van der Waals surface area (Å²) in [6.45, 7) is 0. The average molecular weight is 415 g/mol. The van der Waals surface area contributed by atoms with Crippen LogP contribution in [0.2, 0.25) is 0 Å². The number of fused-ring (bicyclic) bond motifs is 6. The lowest BCUT2D eigenvalue weighted by molar-refractivity contribution is -0.197. The number of rotatable bonds is 3. The Balaban J connectivity index is 1.48. The number of aryl methyl sites for hydroxylation is 1. The van der Waals surface area contributed by atoms with Crippen LogP contribution >= 0.6 is 0 Å². The van der Waals surface area contributed by atoms with E-state index < -0.39 is 0 Å². The Hall–Kier alpha value is -1.64. The molecule has 0 amide bonds. The molecule has 2 aromatic carbocycles. The second-order valence-corrected chi connectivity index (χ2v) is 10.8. The fourth-order valence-corrected chi connectivity index (χ4v) is 8.43. The molecule has 0 spiro atoms. The molecule has 31 heavy (non-hydrogen) atoms. The lowest BCUT2D eigenvalue weighted by Gasteiger charge is -2.60. The van der Waals surface area contributed by atoms with Crippen LogP contribution in [0.15, 0.2) is 48.5 Å². The van der Waals surface area contributed by atoms with Crippen LogP contribution < -0.4 is 0 Å². The fourth-order valence-electron chi connectivity index (χ4n) is 8.43. The van der Waals surface area contributed by atoms with Crippen LogP contribution in [0.3, 0.4) is 0 Å². The first-order chi connectivity index (χ1) is 15.2. The van der Waals surface area contributed by atoms with Gasteiger partial charge < -0.3 is 0 Å². The van der Waals surface area contributed by atoms with Crippen molar-refractivity contribution in [2.75, 3.05) is 14.1 Å². The minimum Gasteiger partial charge on any atom is -0.233 e. The number of hydrogen-bond acceptors (Lipinski definition) is 2. The zero-order chi connectivity index (χ0) is 21.1. The van der Waals surface area contributed by atoms with E-state index in [0.717, 1.165) is 11.8 Å². The normalized spacial score (nSPS) is 34.2. The molecule has 6 rings (SSSR count). The van der Waals surface area contributed by atoms with Crippen molar-refractivity contribution in [2.45, 2.75) is 81.7 Å². The van der Waals surface area contributed by atoms with Crippen LogP contribution in [0.4, 0.5) is 0 Å². The van der Waals surface area contributed by atoms with Gasteiger partial charge in [-0.15, -0.1) is 0 Å². The molecular weight excluding hydrogens is 376 g/mol. The van der Waals surface area contributed by atoms with Crippen molar-refractivity contribution in [3.8, 4) is 0 Å². The minimum absolute atomic E-state index is 0.163. The summed E-state index contributed by atoms with van der Waals surface area (Å²) in [5.41, 5.74) is 6.81. The van der Waals surface area contributed by atoms with E-state index >= 15 is 0 Å². The SMILES string of the molecule is CN(N(C)C12CCCCC1Cc1ccccc12)C12CCCCC1CCc1ccccc12. The summed E-state index contributed by atoms with van der Waals surface area (Å²) in [5.74, 6) is 1.53. The van der Waals surface area contributed by atoms with Crippen LogP contribution in [0.25, 0.3) is 0 Å². The quantitative estimate of drug-likeness (QED) is 0.533. The molecular formula is C29H38N2. The Kier molecular flexibility index (Phi) is 4.81. The maximum absolute atomic E-state index is 2.77. The van der Waals surface area contributed by atoms with Crippen LogP contribution in [-0.4, -0.2) is 24.1 Å². The van der Waals surface area contributed by atoms with E-state index in [1.165, 1.54) is 70.6 Å². The topological polar surface area (TPSA) is 6.48 Å². The number of hydrogen-bond donors (Lipinski definition) is 0. The molecule has 4 aliphatic rings. The maximum Gasteiger partial charge on any atom is 0.0635 e. The summed E-state index contributed by atoms with van der Waals surface area (Å²) in [5, 5.41) is 5.54. The van der Waals surface area contributed by atoms with Crippen molar-refractivity contribution in [3.63, 3.8) is 0 Å². The van der Waals surface area contributed by atoms with Gasteiger partial charge in [0.2, 0.25) is 0 Å². The second-order valence-electron chi connectivity index (χ2n) is 10.8. The van der Waals surface area contributed by atoms with Gasteiger partial charge in [-0.25, -0.2) is 10.0 Å². The minimum atomic E-state index is 0.163. The van der Waals surface area contributed by atoms with Crippen LogP contribution in [0.5, 0.6) is 0 Å². The van der Waals surface area contributed by atoms with E-state index in [4.69, 9.17) is 0 Å². The third-order valence-electron chi connectivity index (χ3n) is 9.87. The first kappa shape index (κ1) is 20.0. The van der Waals surface area contributed by atoms with E-state index in [0.29, 0.717) is 0 Å². The van der Waals surface area contributed by atoms with Crippen molar-refractivity contribution in [1.82, 2.24) is 10.0 Å². The number of hydrazine groups is 1. The van der Waals surface area contributed by atoms with Gasteiger partial charge in [-0.1, -0.05) is 74.2 Å². The van der Waals surface area contributed by atoms with Gasteiger partial charge in [-0.3, -0.25) is 0 Å². The van der Waals surface area contributed by atoms with Gasteiger partial charge in [0, 0.05) is 14.1 Å². The Labute approximate surface area is 188 Å². The molecule has 2 aromatic rings. The van der Waals surface area contributed by atoms with E-state index in [1.54, 1.807) is 22.3 Å². The molecule has 164 valence electrons. The molecule has 2 heteroatoms. The van der Waals surface area contributed by atoms with Gasteiger partial charge in [-0.2, -0.15) is 0 Å². The van der Waals surface area contributed by atoms with Gasteiger partial charge >= 0.3 is 0 Å². The van der Waals surface area contributed by atoms with E-state index in [1.807, 2.05) is 0 Å². The number of benzene rings is 2. The average Bonchev–Trinajstić information content (AvgIpc) is 3.18. The van der Waals surface area contributed by atoms with Crippen molar-refractivity contribution in [2.24, 2.45) is 11.8 Å². The summed E-state index contributed by atoms with van der Waals surface area (Å²) >= 11 is 0. The zero-order valence-electron chi connectivity index (χ0n) is 19.4. The van der Waals surface area contributed by atoms with Gasteiger partial charge in [0.15, 0.2) is 0 Å². The molecule has 4 atom stereocenters. The van der Waals surface area contributed by atoms with Crippen LogP contribution in [0.1, 0.15) is 80.0 Å². The first-order valence-corrected chi connectivity index (χ1v) is 12.8. The highest BCUT2D eigenvalue weighted by atomic mass is 15.7. The molecule has 0 aliphatic heterocycles. The molecule has 4 unspecified atom stereocenters. The van der Waals surface area contributed by atoms with Crippen molar-refractivity contribution in [3.05, 3.63) is 70.8 Å². The van der Waals surface area contributed by atoms with Gasteiger partial charge in [0.05, 0.1) is 11.1 Å². The summed E-state index contributed by atoms with van der Waals surface area (Å²) in [6.07, 6.45) is 14.8. The number of nitrogens with zero attached hydrogens (tertiary/aromatic N) is 2. The Morgan fingerprint density at radius 2 is 1.19 bits per heavy atom. The van der Waals surface area contributed by atoms with Crippen molar-refractivity contribution >= 4 is 0 Å². The highest BCUT2D eigenvalue weighted by molar-refractivity contribution is 5.42. The third kappa shape index (κ3) is 2.70. The Morgan fingerprint density at radius 1 is 0.645 bits per heavy atom. The molecule has 0 bridgehead atoms. The van der Waals surface area contributed by atoms with E-state index in [2.05, 4.69) is 72.6 Å². The molecule has 0 N–H and O–H groups in total. The summed E-state index contributed by atoms with van der Waals surface area (Å²) < 4.78 is 0. The Morgan fingerprint density at radius 3 is 1.90 bits per heavy atom. The standard InChI is InChI=1S/C29H38N2/c1-30(28-19-9-7-13-24(28)18-17-22-11-3-5-15-26(22)28)31(2)29-20-10-8-14-25(29)21-23-12-4-6-16-27(23)29/h3-6,11-12,15-16,24-25H,7-10,13-14,17-21H2,1-2H3. The van der Waals surface area contributed by atoms with Crippen LogP contribution in [-0.2, 0) is 23.9 Å². The van der Waals surface area contributed by atoms with E-state index in [9.17, 15) is 0 Å². The highest BCUT2D eigenvalue weighted by Crippen LogP contribution is 2.57. The molecule has 2 saturated carbocycles. The van der Waals surface area contributed by atoms with Crippen molar-refractivity contribution in [1.29, 1.82) is 0 Å². The first-order valence-electron chi connectivity index (χ1n) is 12.8. The molecule has 0 radical (unpaired) electrons. The fraction of sp³-hybridized carbons (Fsp3) is 0.586. The zero-order valence-corrected chi connectivity index (χ0v) is 19.4. The summed E-state index contributed by atoms with van der Waals surface area (Å²) in [7, 11) is 4.89. The smallest absolute Gasteiger partial charge is 0.0635 e. The molecule has 2 fully saturated rings. The lowest BCUT2D eigenvalue weighted by Crippen LogP contribution is -2.64. The van der Waals surface area contributed by atoms with Gasteiger partial charge in [0.1, 0.15) is 0 Å². The molecule has 2 nitrogen and oxygen atoms in total. The summed E-state index contributed by atoms with van der Waals surface area (Å²) in [4.78, 5) is 0. The maximum atomic E-state index is 2.77. The van der Waals surface area contributed by atoms with Crippen LogP contribution in [0, 0.1) is 11.8 Å². The lowest BCUT2D eigenvalue weighted by atomic mass is 9.62. The monoisotopic (exact) mass is 414 g/mol.